The molecule has 0 saturated carbocycles. The van der Waals surface area contributed by atoms with Crippen LogP contribution in [0.15, 0.2) is 42.5 Å². The lowest BCUT2D eigenvalue weighted by Crippen LogP contribution is -2.28. The Balaban J connectivity index is 1.79. The lowest BCUT2D eigenvalue weighted by Gasteiger charge is -2.23. The lowest BCUT2D eigenvalue weighted by molar-refractivity contribution is -0.116. The number of aromatic nitrogens is 2. The molecule has 2 heterocycles. The number of carbonyl (C=O) groups excluding carboxylic acids is 2. The summed E-state index contributed by atoms with van der Waals surface area (Å²) in [5.74, 6) is 0.588. The molecule has 0 radical (unpaired) electrons. The molecule has 7 heteroatoms. The zero-order valence-corrected chi connectivity index (χ0v) is 18.1. The van der Waals surface area contributed by atoms with Gasteiger partial charge in [0.15, 0.2) is 17.3 Å². The van der Waals surface area contributed by atoms with E-state index in [1.807, 2.05) is 31.2 Å². The molecule has 160 valence electrons. The summed E-state index contributed by atoms with van der Waals surface area (Å²) in [6, 6.07) is 13.0. The summed E-state index contributed by atoms with van der Waals surface area (Å²) >= 11 is 0. The third-order valence-electron chi connectivity index (χ3n) is 5.65. The molecule has 0 saturated heterocycles. The SMILES string of the molecule is CCc1cccc(-n2nc(C)c3c2NC(=O)C[C@H]3C(=O)c2ccc(OC)c(OC)c2)c1. The number of fused-ring (bicyclic) bond motifs is 1. The largest absolute Gasteiger partial charge is 0.493 e. The third kappa shape index (κ3) is 3.67. The molecule has 1 aliphatic heterocycles. The number of Topliss-reactive ketones (excluding diaryl/α,β-unsaturated/α-hetero) is 1. The van der Waals surface area contributed by atoms with E-state index in [2.05, 4.69) is 17.3 Å². The first-order chi connectivity index (χ1) is 15.0. The van der Waals surface area contributed by atoms with Crippen LogP contribution in [0.25, 0.3) is 5.69 Å². The predicted octanol–water partition coefficient (Wildman–Crippen LogP) is 4.07. The van der Waals surface area contributed by atoms with Gasteiger partial charge < -0.3 is 14.8 Å². The molecule has 3 aromatic rings. The van der Waals surface area contributed by atoms with Gasteiger partial charge in [-0.05, 0) is 49.2 Å². The number of aryl methyl sites for hydroxylation is 2. The Hall–Kier alpha value is -3.61. The van der Waals surface area contributed by atoms with Crippen molar-refractivity contribution in [1.29, 1.82) is 0 Å². The maximum atomic E-state index is 13.5. The van der Waals surface area contributed by atoms with Crippen molar-refractivity contribution in [2.45, 2.75) is 32.6 Å². The van der Waals surface area contributed by atoms with Crippen molar-refractivity contribution < 1.29 is 19.1 Å². The van der Waals surface area contributed by atoms with Gasteiger partial charge >= 0.3 is 0 Å². The highest BCUT2D eigenvalue weighted by Gasteiger charge is 2.36. The van der Waals surface area contributed by atoms with Gasteiger partial charge in [-0.25, -0.2) is 4.68 Å². The van der Waals surface area contributed by atoms with E-state index in [0.29, 0.717) is 22.9 Å². The Labute approximate surface area is 181 Å². The van der Waals surface area contributed by atoms with Crippen molar-refractivity contribution in [3.05, 3.63) is 64.8 Å². The minimum atomic E-state index is -0.620. The monoisotopic (exact) mass is 419 g/mol. The number of anilines is 1. The molecule has 0 unspecified atom stereocenters. The van der Waals surface area contributed by atoms with Gasteiger partial charge in [-0.2, -0.15) is 5.10 Å². The van der Waals surface area contributed by atoms with Crippen LogP contribution in [0.1, 0.15) is 46.4 Å². The van der Waals surface area contributed by atoms with Crippen LogP contribution in [0.3, 0.4) is 0 Å². The Bertz CT molecular complexity index is 1170. The molecule has 1 amide bonds. The molecule has 2 aromatic carbocycles. The molecule has 0 fully saturated rings. The molecule has 0 spiro atoms. The van der Waals surface area contributed by atoms with Gasteiger partial charge in [-0.3, -0.25) is 9.59 Å². The molecule has 1 N–H and O–H groups in total. The molecule has 1 aromatic heterocycles. The van der Waals surface area contributed by atoms with Gasteiger partial charge in [0.05, 0.1) is 31.5 Å². The van der Waals surface area contributed by atoms with Gasteiger partial charge in [0, 0.05) is 17.5 Å². The Kier molecular flexibility index (Phi) is 5.50. The Morgan fingerprint density at radius 1 is 1.16 bits per heavy atom. The minimum Gasteiger partial charge on any atom is -0.493 e. The van der Waals surface area contributed by atoms with E-state index >= 15 is 0 Å². The van der Waals surface area contributed by atoms with Crippen molar-refractivity contribution >= 4 is 17.5 Å². The van der Waals surface area contributed by atoms with Gasteiger partial charge in [-0.1, -0.05) is 19.1 Å². The van der Waals surface area contributed by atoms with E-state index in [0.717, 1.165) is 23.4 Å². The second-order valence-electron chi connectivity index (χ2n) is 7.52. The fourth-order valence-corrected chi connectivity index (χ4v) is 4.06. The third-order valence-corrected chi connectivity index (χ3v) is 5.65. The maximum absolute atomic E-state index is 13.5. The Morgan fingerprint density at radius 2 is 1.94 bits per heavy atom. The highest BCUT2D eigenvalue weighted by atomic mass is 16.5. The van der Waals surface area contributed by atoms with E-state index in [9.17, 15) is 9.59 Å². The van der Waals surface area contributed by atoms with Crippen molar-refractivity contribution in [1.82, 2.24) is 9.78 Å². The fraction of sp³-hybridized carbons (Fsp3) is 0.292. The molecule has 4 rings (SSSR count). The molecular formula is C24H25N3O4. The molecule has 1 atom stereocenters. The second kappa shape index (κ2) is 8.26. The van der Waals surface area contributed by atoms with E-state index in [1.165, 1.54) is 12.7 Å². The molecular weight excluding hydrogens is 394 g/mol. The van der Waals surface area contributed by atoms with Crippen LogP contribution < -0.4 is 14.8 Å². The van der Waals surface area contributed by atoms with Crippen LogP contribution in [-0.4, -0.2) is 35.7 Å². The summed E-state index contributed by atoms with van der Waals surface area (Å²) in [5, 5.41) is 7.59. The number of ketones is 1. The van der Waals surface area contributed by atoms with Crippen molar-refractivity contribution in [2.75, 3.05) is 19.5 Å². The van der Waals surface area contributed by atoms with Crippen LogP contribution in [0, 0.1) is 6.92 Å². The topological polar surface area (TPSA) is 82.5 Å². The standard InChI is InChI=1S/C24H25N3O4/c1-5-15-7-6-8-17(11-15)27-24-22(14(2)26-27)18(13-21(28)25-24)23(29)16-9-10-19(30-3)20(12-16)31-4/h6-12,18H,5,13H2,1-4H3,(H,25,28)/t18-/m1/s1. The van der Waals surface area contributed by atoms with Crippen molar-refractivity contribution in [2.24, 2.45) is 0 Å². The first-order valence-corrected chi connectivity index (χ1v) is 10.2. The van der Waals surface area contributed by atoms with Gasteiger partial charge in [0.1, 0.15) is 5.82 Å². The average Bonchev–Trinajstić information content (AvgIpc) is 3.13. The number of benzene rings is 2. The predicted molar refractivity (Wildman–Crippen MR) is 118 cm³/mol. The summed E-state index contributed by atoms with van der Waals surface area (Å²) < 4.78 is 12.3. The fourth-order valence-electron chi connectivity index (χ4n) is 4.06. The number of amides is 1. The second-order valence-corrected chi connectivity index (χ2v) is 7.52. The summed E-state index contributed by atoms with van der Waals surface area (Å²) in [6.07, 6.45) is 0.963. The number of carbonyl (C=O) groups is 2. The maximum Gasteiger partial charge on any atom is 0.226 e. The van der Waals surface area contributed by atoms with E-state index in [-0.39, 0.29) is 18.1 Å². The van der Waals surface area contributed by atoms with Crippen molar-refractivity contribution in [3.8, 4) is 17.2 Å². The number of hydrogen-bond acceptors (Lipinski definition) is 5. The van der Waals surface area contributed by atoms with Crippen molar-refractivity contribution in [3.63, 3.8) is 0 Å². The van der Waals surface area contributed by atoms with Crippen LogP contribution in [-0.2, 0) is 11.2 Å². The number of hydrogen-bond donors (Lipinski definition) is 1. The number of nitrogens with one attached hydrogen (secondary N) is 1. The van der Waals surface area contributed by atoms with Gasteiger partial charge in [0.25, 0.3) is 0 Å². The molecule has 0 aliphatic carbocycles. The van der Waals surface area contributed by atoms with Crippen LogP contribution >= 0.6 is 0 Å². The van der Waals surface area contributed by atoms with E-state index < -0.39 is 5.92 Å². The molecule has 0 bridgehead atoms. The summed E-state index contributed by atoms with van der Waals surface area (Å²) in [7, 11) is 3.07. The van der Waals surface area contributed by atoms with Gasteiger partial charge in [-0.15, -0.1) is 0 Å². The molecule has 1 aliphatic rings. The van der Waals surface area contributed by atoms with Crippen LogP contribution in [0.2, 0.25) is 0 Å². The quantitative estimate of drug-likeness (QED) is 0.609. The number of nitrogens with zero attached hydrogens (tertiary/aromatic N) is 2. The minimum absolute atomic E-state index is 0.0711. The lowest BCUT2D eigenvalue weighted by atomic mass is 9.85. The highest BCUT2D eigenvalue weighted by Crippen LogP contribution is 2.39. The summed E-state index contributed by atoms with van der Waals surface area (Å²) in [4.78, 5) is 26.0. The number of rotatable bonds is 6. The normalized spacial score (nSPS) is 15.2. The summed E-state index contributed by atoms with van der Waals surface area (Å²) in [6.45, 7) is 3.95. The zero-order chi connectivity index (χ0) is 22.1. The molecule has 31 heavy (non-hydrogen) atoms. The first-order valence-electron chi connectivity index (χ1n) is 10.2. The highest BCUT2D eigenvalue weighted by molar-refractivity contribution is 6.08. The molecule has 7 nitrogen and oxygen atoms in total. The summed E-state index contributed by atoms with van der Waals surface area (Å²) in [5.41, 5.74) is 3.95. The van der Waals surface area contributed by atoms with E-state index in [4.69, 9.17) is 9.47 Å². The van der Waals surface area contributed by atoms with Crippen LogP contribution in [0.4, 0.5) is 5.82 Å². The first kappa shape index (κ1) is 20.7. The number of methoxy groups -OCH3 is 2. The number of ether oxygens (including phenoxy) is 2. The Morgan fingerprint density at radius 3 is 2.65 bits per heavy atom. The van der Waals surface area contributed by atoms with E-state index in [1.54, 1.807) is 30.0 Å². The van der Waals surface area contributed by atoms with Gasteiger partial charge in [0.2, 0.25) is 5.91 Å². The average molecular weight is 419 g/mol. The smallest absolute Gasteiger partial charge is 0.226 e. The van der Waals surface area contributed by atoms with Crippen LogP contribution in [0.5, 0.6) is 11.5 Å². The zero-order valence-electron chi connectivity index (χ0n) is 18.1.